The first-order valence-electron chi connectivity index (χ1n) is 6.80. The van der Waals surface area contributed by atoms with Crippen LogP contribution >= 0.6 is 11.6 Å². The van der Waals surface area contributed by atoms with Crippen LogP contribution in [0.1, 0.15) is 24.4 Å². The lowest BCUT2D eigenvalue weighted by atomic mass is 10.0. The first-order valence-corrected chi connectivity index (χ1v) is 7.18. The van der Waals surface area contributed by atoms with E-state index in [1.54, 1.807) is 12.1 Å². The number of amidine groups is 1. The monoisotopic (exact) mass is 291 g/mol. The van der Waals surface area contributed by atoms with Crippen molar-refractivity contribution in [2.75, 3.05) is 6.54 Å². The maximum Gasteiger partial charge on any atom is 0.269 e. The van der Waals surface area contributed by atoms with E-state index in [1.807, 2.05) is 6.07 Å². The van der Waals surface area contributed by atoms with Gasteiger partial charge in [0.1, 0.15) is 17.6 Å². The number of ether oxygens (including phenoxy) is 1. The zero-order chi connectivity index (χ0) is 13.7. The Balaban J connectivity index is 1.74. The molecule has 0 radical (unpaired) electrons. The average Bonchev–Trinajstić information content (AvgIpc) is 3.06. The normalized spacial score (nSPS) is 31.1. The Morgan fingerprint density at radius 1 is 1.40 bits per heavy atom. The number of hydrogen-bond acceptors (Lipinski definition) is 4. The number of nitrogens with zero attached hydrogens (tertiary/aromatic N) is 1. The molecule has 5 nitrogen and oxygen atoms in total. The summed E-state index contributed by atoms with van der Waals surface area (Å²) in [4.78, 5) is 16.9. The van der Waals surface area contributed by atoms with Crippen molar-refractivity contribution in [2.24, 2.45) is 4.99 Å². The van der Waals surface area contributed by atoms with Gasteiger partial charge in [-0.05, 0) is 37.6 Å². The molecule has 3 aliphatic rings. The van der Waals surface area contributed by atoms with Gasteiger partial charge in [-0.15, -0.1) is 0 Å². The van der Waals surface area contributed by atoms with Gasteiger partial charge in [0.2, 0.25) is 6.10 Å². The molecule has 3 atom stereocenters. The molecule has 0 saturated carbocycles. The molecule has 1 aromatic carbocycles. The second kappa shape index (κ2) is 4.46. The van der Waals surface area contributed by atoms with Crippen molar-refractivity contribution < 1.29 is 9.53 Å². The van der Waals surface area contributed by atoms with Crippen LogP contribution in [0.2, 0.25) is 5.02 Å². The topological polar surface area (TPSA) is 62.7 Å². The Bertz CT molecular complexity index is 610. The summed E-state index contributed by atoms with van der Waals surface area (Å²) in [5.41, 5.74) is 0.896. The molecule has 0 unspecified atom stereocenters. The van der Waals surface area contributed by atoms with Gasteiger partial charge >= 0.3 is 0 Å². The molecule has 1 amide bonds. The Kier molecular flexibility index (Phi) is 2.72. The summed E-state index contributed by atoms with van der Waals surface area (Å²) in [5, 5.41) is 6.85. The first-order chi connectivity index (χ1) is 9.72. The van der Waals surface area contributed by atoms with Crippen LogP contribution in [0.15, 0.2) is 23.2 Å². The van der Waals surface area contributed by atoms with Crippen molar-refractivity contribution in [2.45, 2.75) is 31.0 Å². The largest absolute Gasteiger partial charge is 0.478 e. The van der Waals surface area contributed by atoms with E-state index in [0.717, 1.165) is 30.8 Å². The Morgan fingerprint density at radius 3 is 3.10 bits per heavy atom. The summed E-state index contributed by atoms with van der Waals surface area (Å²) >= 11 is 6.04. The van der Waals surface area contributed by atoms with Crippen LogP contribution in [0.5, 0.6) is 5.75 Å². The summed E-state index contributed by atoms with van der Waals surface area (Å²) in [6.07, 6.45) is 1.53. The van der Waals surface area contributed by atoms with E-state index >= 15 is 0 Å². The van der Waals surface area contributed by atoms with E-state index in [4.69, 9.17) is 21.3 Å². The van der Waals surface area contributed by atoms with Crippen LogP contribution in [0.3, 0.4) is 0 Å². The molecule has 3 heterocycles. The predicted molar refractivity (Wildman–Crippen MR) is 75.2 cm³/mol. The highest BCUT2D eigenvalue weighted by Gasteiger charge is 2.44. The minimum absolute atomic E-state index is 0.124. The second-order valence-electron chi connectivity index (χ2n) is 5.32. The number of nitrogens with one attached hydrogen (secondary N) is 2. The Morgan fingerprint density at radius 2 is 2.30 bits per heavy atom. The van der Waals surface area contributed by atoms with Gasteiger partial charge in [-0.3, -0.25) is 9.79 Å². The molecular formula is C14H14ClN3O2. The lowest BCUT2D eigenvalue weighted by Gasteiger charge is -2.25. The summed E-state index contributed by atoms with van der Waals surface area (Å²) in [6, 6.07) is 5.26. The Labute approximate surface area is 121 Å². The van der Waals surface area contributed by atoms with Gasteiger partial charge in [0, 0.05) is 10.6 Å². The zero-order valence-electron chi connectivity index (χ0n) is 10.7. The number of carbonyl (C=O) groups is 1. The van der Waals surface area contributed by atoms with Crippen LogP contribution < -0.4 is 15.4 Å². The fraction of sp³-hybridized carbons (Fsp3) is 0.429. The Hall–Kier alpha value is -1.59. The van der Waals surface area contributed by atoms with E-state index in [2.05, 4.69) is 10.6 Å². The van der Waals surface area contributed by atoms with Crippen LogP contribution in [-0.2, 0) is 4.79 Å². The summed E-state index contributed by atoms with van der Waals surface area (Å²) < 4.78 is 5.69. The lowest BCUT2D eigenvalue weighted by molar-refractivity contribution is -0.127. The van der Waals surface area contributed by atoms with Crippen LogP contribution in [0, 0.1) is 0 Å². The maximum absolute atomic E-state index is 12.2. The number of aliphatic imine (C=N–C) groups is 1. The number of carbonyl (C=O) groups excluding carboxylic acids is 1. The third kappa shape index (κ3) is 1.81. The molecule has 2 N–H and O–H groups in total. The highest BCUT2D eigenvalue weighted by molar-refractivity contribution is 6.30. The highest BCUT2D eigenvalue weighted by atomic mass is 35.5. The van der Waals surface area contributed by atoms with E-state index in [1.165, 1.54) is 0 Å². The molecular weight excluding hydrogens is 278 g/mol. The molecule has 4 rings (SSSR count). The molecule has 0 bridgehead atoms. The van der Waals surface area contributed by atoms with E-state index in [-0.39, 0.29) is 18.0 Å². The van der Waals surface area contributed by atoms with E-state index in [9.17, 15) is 4.79 Å². The minimum Gasteiger partial charge on any atom is -0.478 e. The smallest absolute Gasteiger partial charge is 0.269 e. The van der Waals surface area contributed by atoms with Gasteiger partial charge in [0.25, 0.3) is 5.91 Å². The molecule has 0 aromatic heterocycles. The van der Waals surface area contributed by atoms with Crippen LogP contribution in [0.25, 0.3) is 0 Å². The van der Waals surface area contributed by atoms with Crippen molar-refractivity contribution in [1.29, 1.82) is 0 Å². The number of rotatable bonds is 1. The van der Waals surface area contributed by atoms with Gasteiger partial charge in [-0.2, -0.15) is 0 Å². The van der Waals surface area contributed by atoms with Crippen molar-refractivity contribution in [1.82, 2.24) is 10.6 Å². The van der Waals surface area contributed by atoms with Crippen LogP contribution in [-0.4, -0.2) is 30.4 Å². The van der Waals surface area contributed by atoms with E-state index in [0.29, 0.717) is 10.8 Å². The maximum atomic E-state index is 12.2. The number of amides is 1. The first kappa shape index (κ1) is 12.2. The van der Waals surface area contributed by atoms with Gasteiger partial charge in [-0.1, -0.05) is 11.6 Å². The SMILES string of the molecule is O=C1NC([C@@H]2CCCN2)=N[C@@H]2c3cc(Cl)ccc3O[C@@H]12. The zero-order valence-corrected chi connectivity index (χ0v) is 11.5. The molecule has 6 heteroatoms. The van der Waals surface area contributed by atoms with Crippen molar-refractivity contribution in [3.8, 4) is 5.75 Å². The third-order valence-electron chi connectivity index (χ3n) is 4.01. The van der Waals surface area contributed by atoms with Gasteiger partial charge in [0.05, 0.1) is 6.04 Å². The predicted octanol–water partition coefficient (Wildman–Crippen LogP) is 1.42. The fourth-order valence-electron chi connectivity index (χ4n) is 3.03. The van der Waals surface area contributed by atoms with Gasteiger partial charge in [-0.25, -0.2) is 0 Å². The highest BCUT2D eigenvalue weighted by Crippen LogP contribution is 2.42. The summed E-state index contributed by atoms with van der Waals surface area (Å²) in [7, 11) is 0. The minimum atomic E-state index is -0.575. The molecule has 1 aromatic rings. The molecule has 0 aliphatic carbocycles. The number of fused-ring (bicyclic) bond motifs is 3. The van der Waals surface area contributed by atoms with Gasteiger partial charge in [0.15, 0.2) is 0 Å². The number of benzene rings is 1. The average molecular weight is 292 g/mol. The summed E-state index contributed by atoms with van der Waals surface area (Å²) in [6.45, 7) is 0.965. The molecule has 1 saturated heterocycles. The number of hydrogen-bond donors (Lipinski definition) is 2. The molecule has 1 fully saturated rings. The van der Waals surface area contributed by atoms with E-state index < -0.39 is 6.10 Å². The lowest BCUT2D eigenvalue weighted by Crippen LogP contribution is -2.52. The van der Waals surface area contributed by atoms with Crippen molar-refractivity contribution >= 4 is 23.3 Å². The fourth-order valence-corrected chi connectivity index (χ4v) is 3.21. The molecule has 104 valence electrons. The quantitative estimate of drug-likeness (QED) is 0.823. The molecule has 20 heavy (non-hydrogen) atoms. The molecule has 3 aliphatic heterocycles. The van der Waals surface area contributed by atoms with Gasteiger partial charge < -0.3 is 15.4 Å². The molecule has 0 spiro atoms. The van der Waals surface area contributed by atoms with Crippen LogP contribution in [0.4, 0.5) is 0 Å². The van der Waals surface area contributed by atoms with Crippen molar-refractivity contribution in [3.63, 3.8) is 0 Å². The third-order valence-corrected chi connectivity index (χ3v) is 4.24. The number of halogens is 1. The van der Waals surface area contributed by atoms with Crippen molar-refractivity contribution in [3.05, 3.63) is 28.8 Å². The second-order valence-corrected chi connectivity index (χ2v) is 5.75. The standard InChI is InChI=1S/C14H14ClN3O2/c15-7-3-4-10-8(6-7)11-12(20-10)14(19)18-13(17-11)9-2-1-5-16-9/h3-4,6,9,11-12,16H,1-2,5H2,(H,17,18,19)/t9-,11+,12+/m0/s1. The summed E-state index contributed by atoms with van der Waals surface area (Å²) in [5.74, 6) is 1.30.